The second kappa shape index (κ2) is 3.70. The molecule has 0 N–H and O–H groups in total. The quantitative estimate of drug-likeness (QED) is 0.603. The van der Waals surface area contributed by atoms with Gasteiger partial charge in [0.05, 0.1) is 6.10 Å². The predicted molar refractivity (Wildman–Crippen MR) is 45.4 cm³/mol. The van der Waals surface area contributed by atoms with Crippen molar-refractivity contribution in [3.8, 4) is 0 Å². The van der Waals surface area contributed by atoms with Gasteiger partial charge in [0.1, 0.15) is 0 Å². The number of hydrogen-bond donors (Lipinski definition) is 0. The van der Waals surface area contributed by atoms with E-state index in [1.807, 2.05) is 0 Å². The van der Waals surface area contributed by atoms with Gasteiger partial charge < -0.3 is 4.52 Å². The van der Waals surface area contributed by atoms with Gasteiger partial charge in [0.15, 0.2) is 0 Å². The summed E-state index contributed by atoms with van der Waals surface area (Å²) >= 11 is 3.44. The third-order valence-corrected chi connectivity index (χ3v) is 2.60. The van der Waals surface area contributed by atoms with E-state index in [2.05, 4.69) is 31.5 Å². The Hall–Kier alpha value is 0.610. The van der Waals surface area contributed by atoms with E-state index in [4.69, 9.17) is 4.52 Å². The topological polar surface area (TPSA) is 9.23 Å². The Bertz CT molecular complexity index is 124. The van der Waals surface area contributed by atoms with Gasteiger partial charge in [-0.15, -0.1) is 0 Å². The second-order valence-electron chi connectivity index (χ2n) is 2.18. The Balaban J connectivity index is 2.36. The molecule has 0 spiro atoms. The van der Waals surface area contributed by atoms with Crippen molar-refractivity contribution in [1.82, 2.24) is 0 Å². The fourth-order valence-electron chi connectivity index (χ4n) is 0.902. The normalized spacial score (nSPS) is 27.8. The van der Waals surface area contributed by atoms with E-state index < -0.39 is 0 Å². The van der Waals surface area contributed by atoms with Gasteiger partial charge in [-0.25, -0.2) is 0 Å². The highest BCUT2D eigenvalue weighted by molar-refractivity contribution is 9.11. The van der Waals surface area contributed by atoms with E-state index in [0.29, 0.717) is 6.10 Å². The van der Waals surface area contributed by atoms with Crippen molar-refractivity contribution in [3.05, 3.63) is 10.6 Å². The number of hydrogen-bond acceptors (Lipinski definition) is 1. The van der Waals surface area contributed by atoms with Crippen LogP contribution in [0.3, 0.4) is 0 Å². The first-order chi connectivity index (χ1) is 4.33. The van der Waals surface area contributed by atoms with Crippen LogP contribution in [-0.4, -0.2) is 6.10 Å². The summed E-state index contributed by atoms with van der Waals surface area (Å²) in [4.78, 5) is 0. The Kier molecular flexibility index (Phi) is 3.17. The summed E-state index contributed by atoms with van der Waals surface area (Å²) in [6.07, 6.45) is 5.92. The molecule has 0 saturated carbocycles. The fraction of sp³-hybridized carbons (Fsp3) is 0.667. The molecule has 0 aromatic rings. The number of allylic oxidation sites excluding steroid dienone is 1. The zero-order valence-corrected chi connectivity index (χ0v) is 7.88. The van der Waals surface area contributed by atoms with Crippen LogP contribution < -0.4 is 0 Å². The summed E-state index contributed by atoms with van der Waals surface area (Å²) in [5.74, 6) is 0. The van der Waals surface area contributed by atoms with Gasteiger partial charge in [-0.2, -0.15) is 0 Å². The van der Waals surface area contributed by atoms with Crippen molar-refractivity contribution < 1.29 is 4.52 Å². The van der Waals surface area contributed by atoms with Crippen LogP contribution in [0.15, 0.2) is 10.6 Å². The van der Waals surface area contributed by atoms with Gasteiger partial charge in [-0.3, -0.25) is 0 Å². The third-order valence-electron chi connectivity index (χ3n) is 1.50. The van der Waals surface area contributed by atoms with Crippen LogP contribution in [0.5, 0.6) is 0 Å². The molecule has 0 aromatic heterocycles. The van der Waals surface area contributed by atoms with Gasteiger partial charge in [0, 0.05) is 9.47 Å². The van der Waals surface area contributed by atoms with Crippen LogP contribution in [0.25, 0.3) is 0 Å². The molecule has 0 radical (unpaired) electrons. The molecule has 0 fully saturated rings. The van der Waals surface area contributed by atoms with Crippen LogP contribution in [-0.2, 0) is 4.52 Å². The van der Waals surface area contributed by atoms with E-state index >= 15 is 0 Å². The molecule has 1 aliphatic rings. The fourth-order valence-corrected chi connectivity index (χ4v) is 1.56. The standard InChI is InChI=1S/C6H10BrOP/c7-5-1-3-6(8-9)4-2-5/h1,6H,2-4,9H2. The van der Waals surface area contributed by atoms with Crippen molar-refractivity contribution in [2.75, 3.05) is 0 Å². The molecule has 1 nitrogen and oxygen atoms in total. The maximum absolute atomic E-state index is 5.09. The molecule has 0 saturated heterocycles. The molecule has 1 aliphatic carbocycles. The summed E-state index contributed by atoms with van der Waals surface area (Å²) in [7, 11) is 2.31. The molecule has 1 rings (SSSR count). The average molecular weight is 209 g/mol. The van der Waals surface area contributed by atoms with Gasteiger partial charge >= 0.3 is 0 Å². The minimum Gasteiger partial charge on any atom is -0.362 e. The van der Waals surface area contributed by atoms with Crippen LogP contribution in [0.4, 0.5) is 0 Å². The number of halogens is 1. The molecule has 9 heavy (non-hydrogen) atoms. The lowest BCUT2D eigenvalue weighted by Gasteiger charge is -2.16. The van der Waals surface area contributed by atoms with Gasteiger partial charge in [0.2, 0.25) is 0 Å². The zero-order chi connectivity index (χ0) is 6.69. The molecule has 0 amide bonds. The average Bonchev–Trinajstić information content (AvgIpc) is 1.90. The summed E-state index contributed by atoms with van der Waals surface area (Å²) in [5, 5.41) is 0. The Morgan fingerprint density at radius 1 is 1.78 bits per heavy atom. The Morgan fingerprint density at radius 3 is 3.00 bits per heavy atom. The van der Waals surface area contributed by atoms with Gasteiger partial charge in [-0.1, -0.05) is 22.0 Å². The highest BCUT2D eigenvalue weighted by atomic mass is 79.9. The van der Waals surface area contributed by atoms with Crippen molar-refractivity contribution in [2.24, 2.45) is 0 Å². The lowest BCUT2D eigenvalue weighted by atomic mass is 10.1. The van der Waals surface area contributed by atoms with Crippen molar-refractivity contribution in [3.63, 3.8) is 0 Å². The lowest BCUT2D eigenvalue weighted by molar-refractivity contribution is 0.226. The molecule has 3 heteroatoms. The summed E-state index contributed by atoms with van der Waals surface area (Å²) < 4.78 is 6.41. The highest BCUT2D eigenvalue weighted by Gasteiger charge is 2.10. The molecule has 0 aromatic carbocycles. The first-order valence-corrected chi connectivity index (χ1v) is 4.29. The second-order valence-corrected chi connectivity index (χ2v) is 3.47. The third kappa shape index (κ3) is 2.37. The molecule has 0 bridgehead atoms. The monoisotopic (exact) mass is 208 g/mol. The molecule has 2 atom stereocenters. The van der Waals surface area contributed by atoms with Crippen LogP contribution in [0, 0.1) is 0 Å². The molecule has 52 valence electrons. The van der Waals surface area contributed by atoms with Crippen molar-refractivity contribution >= 4 is 25.4 Å². The van der Waals surface area contributed by atoms with Crippen molar-refractivity contribution in [2.45, 2.75) is 25.4 Å². The minimum atomic E-state index is 0.427. The van der Waals surface area contributed by atoms with Gasteiger partial charge in [0.25, 0.3) is 0 Å². The Morgan fingerprint density at radius 2 is 2.56 bits per heavy atom. The summed E-state index contributed by atoms with van der Waals surface area (Å²) in [5.41, 5.74) is 0. The van der Waals surface area contributed by atoms with Crippen LogP contribution in [0.1, 0.15) is 19.3 Å². The predicted octanol–water partition coefficient (Wildman–Crippen LogP) is 2.62. The van der Waals surface area contributed by atoms with E-state index in [0.717, 1.165) is 19.3 Å². The first-order valence-electron chi connectivity index (χ1n) is 3.03. The smallest absolute Gasteiger partial charge is 0.0649 e. The van der Waals surface area contributed by atoms with Gasteiger partial charge in [-0.05, 0) is 23.7 Å². The first kappa shape index (κ1) is 7.71. The summed E-state index contributed by atoms with van der Waals surface area (Å²) in [6.45, 7) is 0. The molecular formula is C6H10BrOP. The molecule has 0 aliphatic heterocycles. The largest absolute Gasteiger partial charge is 0.362 e. The maximum Gasteiger partial charge on any atom is 0.0649 e. The minimum absolute atomic E-state index is 0.427. The highest BCUT2D eigenvalue weighted by Crippen LogP contribution is 2.25. The lowest BCUT2D eigenvalue weighted by Crippen LogP contribution is -2.09. The van der Waals surface area contributed by atoms with E-state index in [1.54, 1.807) is 0 Å². The molecule has 2 unspecified atom stereocenters. The maximum atomic E-state index is 5.09. The van der Waals surface area contributed by atoms with E-state index in [-0.39, 0.29) is 0 Å². The SMILES string of the molecule is POC1CC=C(Br)CC1. The number of rotatable bonds is 1. The van der Waals surface area contributed by atoms with Crippen LogP contribution >= 0.6 is 25.4 Å². The molecular weight excluding hydrogens is 199 g/mol. The zero-order valence-electron chi connectivity index (χ0n) is 5.14. The van der Waals surface area contributed by atoms with Crippen LogP contribution in [0.2, 0.25) is 0 Å². The summed E-state index contributed by atoms with van der Waals surface area (Å²) in [6, 6.07) is 0. The molecule has 0 heterocycles. The van der Waals surface area contributed by atoms with Crippen molar-refractivity contribution in [1.29, 1.82) is 0 Å². The van der Waals surface area contributed by atoms with E-state index in [9.17, 15) is 0 Å². The Labute approximate surface area is 66.3 Å². The van der Waals surface area contributed by atoms with E-state index in [1.165, 1.54) is 4.48 Å².